The standard InChI is InChI=1S/C19H20N4O3S/c1-3-11-9-14(16(25)10-15(11)24)23-18(19(27)21-22-23)12-5-7-13(8-6-12)20-17(26)4-2/h5-10,24-25,27H,3-4H2,1-2H3,(H,20,26). The number of aromatic hydroxyl groups is 2. The highest BCUT2D eigenvalue weighted by molar-refractivity contribution is 7.80. The topological polar surface area (TPSA) is 100 Å². The number of phenolic OH excluding ortho intramolecular Hbond substituents is 2. The van der Waals surface area contributed by atoms with Crippen LogP contribution in [0.15, 0.2) is 41.4 Å². The van der Waals surface area contributed by atoms with Gasteiger partial charge in [0, 0.05) is 23.7 Å². The van der Waals surface area contributed by atoms with Gasteiger partial charge in [0.2, 0.25) is 5.91 Å². The minimum Gasteiger partial charge on any atom is -0.508 e. The maximum Gasteiger partial charge on any atom is 0.224 e. The molecule has 1 aromatic heterocycles. The van der Waals surface area contributed by atoms with E-state index in [0.29, 0.717) is 40.5 Å². The summed E-state index contributed by atoms with van der Waals surface area (Å²) >= 11 is 4.38. The largest absolute Gasteiger partial charge is 0.508 e. The van der Waals surface area contributed by atoms with Crippen molar-refractivity contribution in [2.45, 2.75) is 31.7 Å². The van der Waals surface area contributed by atoms with E-state index in [2.05, 4.69) is 28.3 Å². The van der Waals surface area contributed by atoms with Gasteiger partial charge in [-0.1, -0.05) is 31.2 Å². The molecule has 3 rings (SSSR count). The Balaban J connectivity index is 2.05. The Kier molecular flexibility index (Phi) is 5.36. The lowest BCUT2D eigenvalue weighted by molar-refractivity contribution is -0.115. The molecule has 1 amide bonds. The number of carbonyl (C=O) groups is 1. The molecule has 0 spiro atoms. The molecule has 0 radical (unpaired) electrons. The molecule has 1 heterocycles. The molecule has 3 aromatic rings. The summed E-state index contributed by atoms with van der Waals surface area (Å²) in [5, 5.41) is 31.5. The van der Waals surface area contributed by atoms with Crippen LogP contribution in [-0.2, 0) is 11.2 Å². The van der Waals surface area contributed by atoms with Crippen LogP contribution in [0.1, 0.15) is 25.8 Å². The number of amides is 1. The third-order valence-corrected chi connectivity index (χ3v) is 4.50. The normalized spacial score (nSPS) is 10.8. The summed E-state index contributed by atoms with van der Waals surface area (Å²) in [4.78, 5) is 11.5. The third kappa shape index (κ3) is 3.75. The minimum absolute atomic E-state index is 0.0301. The maximum atomic E-state index is 11.5. The van der Waals surface area contributed by atoms with E-state index < -0.39 is 0 Å². The van der Waals surface area contributed by atoms with E-state index >= 15 is 0 Å². The van der Waals surface area contributed by atoms with Gasteiger partial charge in [0.05, 0.1) is 0 Å². The first-order chi connectivity index (χ1) is 12.9. The predicted molar refractivity (Wildman–Crippen MR) is 106 cm³/mol. The lowest BCUT2D eigenvalue weighted by Gasteiger charge is -2.12. The van der Waals surface area contributed by atoms with E-state index in [4.69, 9.17) is 0 Å². The van der Waals surface area contributed by atoms with E-state index in [-0.39, 0.29) is 17.4 Å². The van der Waals surface area contributed by atoms with Crippen molar-refractivity contribution in [3.8, 4) is 28.4 Å². The number of nitrogens with zero attached hydrogens (tertiary/aromatic N) is 3. The fraction of sp³-hybridized carbons (Fsp3) is 0.211. The van der Waals surface area contributed by atoms with Crippen molar-refractivity contribution in [2.75, 3.05) is 5.32 Å². The van der Waals surface area contributed by atoms with Crippen molar-refractivity contribution in [2.24, 2.45) is 0 Å². The molecule has 0 saturated carbocycles. The number of benzene rings is 2. The molecule has 0 saturated heterocycles. The van der Waals surface area contributed by atoms with Crippen LogP contribution < -0.4 is 5.32 Å². The zero-order chi connectivity index (χ0) is 19.6. The number of nitrogens with one attached hydrogen (secondary N) is 1. The van der Waals surface area contributed by atoms with Gasteiger partial charge in [0.15, 0.2) is 0 Å². The SMILES string of the molecule is CCC(=O)Nc1ccc(-c2c(S)nnn2-c2cc(CC)c(O)cc2O)cc1. The minimum atomic E-state index is -0.115. The van der Waals surface area contributed by atoms with Crippen molar-refractivity contribution in [3.05, 3.63) is 42.0 Å². The van der Waals surface area contributed by atoms with Crippen LogP contribution in [0.4, 0.5) is 5.69 Å². The highest BCUT2D eigenvalue weighted by atomic mass is 32.1. The van der Waals surface area contributed by atoms with Crippen LogP contribution in [0.5, 0.6) is 11.5 Å². The first-order valence-electron chi connectivity index (χ1n) is 8.54. The molecule has 0 aliphatic carbocycles. The maximum absolute atomic E-state index is 11.5. The van der Waals surface area contributed by atoms with Crippen molar-refractivity contribution in [3.63, 3.8) is 0 Å². The summed E-state index contributed by atoms with van der Waals surface area (Å²) in [5.41, 5.74) is 3.13. The van der Waals surface area contributed by atoms with Gasteiger partial charge < -0.3 is 15.5 Å². The monoisotopic (exact) mass is 384 g/mol. The zero-order valence-electron chi connectivity index (χ0n) is 15.0. The highest BCUT2D eigenvalue weighted by Crippen LogP contribution is 2.35. The Hall–Kier alpha value is -3.00. The molecule has 140 valence electrons. The fourth-order valence-corrected chi connectivity index (χ4v) is 2.98. The summed E-state index contributed by atoms with van der Waals surface area (Å²) in [7, 11) is 0. The number of carbonyl (C=O) groups excluding carboxylic acids is 1. The second kappa shape index (κ2) is 7.71. The van der Waals surface area contributed by atoms with Crippen LogP contribution in [-0.4, -0.2) is 31.1 Å². The van der Waals surface area contributed by atoms with E-state index in [1.54, 1.807) is 25.1 Å². The van der Waals surface area contributed by atoms with E-state index in [1.807, 2.05) is 19.1 Å². The fourth-order valence-electron chi connectivity index (χ4n) is 2.72. The van der Waals surface area contributed by atoms with Crippen LogP contribution in [0.25, 0.3) is 16.9 Å². The summed E-state index contributed by atoms with van der Waals surface area (Å²) in [5.74, 6) is -0.149. The van der Waals surface area contributed by atoms with Gasteiger partial charge >= 0.3 is 0 Å². The zero-order valence-corrected chi connectivity index (χ0v) is 15.9. The number of hydrogen-bond acceptors (Lipinski definition) is 6. The molecule has 8 heteroatoms. The number of thiol groups is 1. The molecule has 3 N–H and O–H groups in total. The molecule has 0 aliphatic heterocycles. The first-order valence-corrected chi connectivity index (χ1v) is 8.99. The summed E-state index contributed by atoms with van der Waals surface area (Å²) in [6.45, 7) is 3.70. The summed E-state index contributed by atoms with van der Waals surface area (Å²) < 4.78 is 1.48. The van der Waals surface area contributed by atoms with Crippen LogP contribution in [0.2, 0.25) is 0 Å². The van der Waals surface area contributed by atoms with Gasteiger partial charge in [-0.15, -0.1) is 17.7 Å². The molecule has 2 aromatic carbocycles. The van der Waals surface area contributed by atoms with Crippen molar-refractivity contribution < 1.29 is 15.0 Å². The van der Waals surface area contributed by atoms with Crippen molar-refractivity contribution >= 4 is 24.2 Å². The van der Waals surface area contributed by atoms with E-state index in [0.717, 1.165) is 5.56 Å². The van der Waals surface area contributed by atoms with Crippen LogP contribution in [0.3, 0.4) is 0 Å². The first kappa shape index (κ1) is 18.8. The molecule has 0 fully saturated rings. The number of rotatable bonds is 5. The highest BCUT2D eigenvalue weighted by Gasteiger charge is 2.18. The predicted octanol–water partition coefficient (Wildman–Crippen LogP) is 3.55. The van der Waals surface area contributed by atoms with Crippen LogP contribution in [0, 0.1) is 0 Å². The summed E-state index contributed by atoms with van der Waals surface area (Å²) in [6.07, 6.45) is 1.00. The van der Waals surface area contributed by atoms with E-state index in [1.165, 1.54) is 10.7 Å². The molecule has 0 aliphatic rings. The average Bonchev–Trinajstić information content (AvgIpc) is 3.03. The Morgan fingerprint density at radius 1 is 1.15 bits per heavy atom. The van der Waals surface area contributed by atoms with Gasteiger partial charge in [0.1, 0.15) is 27.9 Å². The summed E-state index contributed by atoms with van der Waals surface area (Å²) in [6, 6.07) is 10.2. The van der Waals surface area contributed by atoms with Gasteiger partial charge in [-0.2, -0.15) is 0 Å². The average molecular weight is 384 g/mol. The third-order valence-electron chi connectivity index (χ3n) is 4.20. The van der Waals surface area contributed by atoms with Gasteiger partial charge in [-0.25, -0.2) is 4.68 Å². The van der Waals surface area contributed by atoms with Gasteiger partial charge in [-0.3, -0.25) is 4.79 Å². The lowest BCUT2D eigenvalue weighted by atomic mass is 10.1. The van der Waals surface area contributed by atoms with Crippen molar-refractivity contribution in [1.29, 1.82) is 0 Å². The Labute approximate surface area is 162 Å². The Bertz CT molecular complexity index is 983. The second-order valence-corrected chi connectivity index (χ2v) is 6.40. The lowest BCUT2D eigenvalue weighted by Crippen LogP contribution is -2.09. The number of hydrogen-bond donors (Lipinski definition) is 4. The smallest absolute Gasteiger partial charge is 0.224 e. The Morgan fingerprint density at radius 3 is 2.48 bits per heavy atom. The number of anilines is 1. The van der Waals surface area contributed by atoms with Gasteiger partial charge in [-0.05, 0) is 30.2 Å². The molecule has 0 bridgehead atoms. The van der Waals surface area contributed by atoms with Crippen molar-refractivity contribution in [1.82, 2.24) is 15.0 Å². The number of phenols is 2. The molecule has 27 heavy (non-hydrogen) atoms. The number of aromatic nitrogens is 3. The number of aryl methyl sites for hydroxylation is 1. The second-order valence-electron chi connectivity index (χ2n) is 5.98. The quantitative estimate of drug-likeness (QED) is 0.504. The molecule has 0 unspecified atom stereocenters. The van der Waals surface area contributed by atoms with E-state index in [9.17, 15) is 15.0 Å². The van der Waals surface area contributed by atoms with Crippen LogP contribution >= 0.6 is 12.6 Å². The molecule has 7 nitrogen and oxygen atoms in total. The Morgan fingerprint density at radius 2 is 1.85 bits per heavy atom. The molecular formula is C19H20N4O3S. The molecule has 0 atom stereocenters. The molecular weight excluding hydrogens is 364 g/mol. The van der Waals surface area contributed by atoms with Gasteiger partial charge in [0.25, 0.3) is 0 Å².